The van der Waals surface area contributed by atoms with Crippen molar-refractivity contribution in [2.45, 2.75) is 13.3 Å². The summed E-state index contributed by atoms with van der Waals surface area (Å²) in [4.78, 5) is 9.73. The van der Waals surface area contributed by atoms with Gasteiger partial charge in [-0.3, -0.25) is 4.98 Å². The molecule has 0 aliphatic heterocycles. The molecule has 0 unspecified atom stereocenters. The highest BCUT2D eigenvalue weighted by Gasteiger charge is 2.05. The molecule has 2 N–H and O–H groups in total. The van der Waals surface area contributed by atoms with E-state index in [0.717, 1.165) is 17.8 Å². The maximum Gasteiger partial charge on any atom is 0.0801 e. The first-order valence-corrected chi connectivity index (χ1v) is 5.74. The predicted molar refractivity (Wildman–Crippen MR) is 62.8 cm³/mol. The minimum atomic E-state index is 0.637. The highest BCUT2D eigenvalue weighted by Crippen LogP contribution is 2.26. The molecule has 0 bridgehead atoms. The minimum absolute atomic E-state index is 0.637. The van der Waals surface area contributed by atoms with E-state index in [9.17, 15) is 0 Å². The Morgan fingerprint density at radius 1 is 1.40 bits per heavy atom. The molecule has 2 aromatic rings. The Kier molecular flexibility index (Phi) is 3.08. The van der Waals surface area contributed by atoms with E-state index in [4.69, 9.17) is 5.73 Å². The highest BCUT2D eigenvalue weighted by atomic mass is 32.1. The van der Waals surface area contributed by atoms with Crippen LogP contribution in [0.25, 0.3) is 10.4 Å². The lowest BCUT2D eigenvalue weighted by Gasteiger charge is -2.02. The van der Waals surface area contributed by atoms with Crippen molar-refractivity contribution in [2.24, 2.45) is 5.73 Å². The number of thiazole rings is 1. The molecule has 2 aromatic heterocycles. The van der Waals surface area contributed by atoms with Crippen molar-refractivity contribution in [3.63, 3.8) is 0 Å². The molecule has 15 heavy (non-hydrogen) atoms. The van der Waals surface area contributed by atoms with E-state index in [2.05, 4.69) is 16.0 Å². The molecule has 0 fully saturated rings. The van der Waals surface area contributed by atoms with Crippen LogP contribution in [0.4, 0.5) is 0 Å². The Labute approximate surface area is 93.0 Å². The van der Waals surface area contributed by atoms with Crippen molar-refractivity contribution >= 4 is 11.3 Å². The topological polar surface area (TPSA) is 51.8 Å². The summed E-state index contributed by atoms with van der Waals surface area (Å²) in [5.74, 6) is 0. The average Bonchev–Trinajstić information content (AvgIpc) is 2.65. The Hall–Kier alpha value is -1.26. The monoisotopic (exact) mass is 219 g/mol. The lowest BCUT2D eigenvalue weighted by Crippen LogP contribution is -2.04. The largest absolute Gasteiger partial charge is 0.330 e. The van der Waals surface area contributed by atoms with E-state index in [-0.39, 0.29) is 0 Å². The lowest BCUT2D eigenvalue weighted by molar-refractivity contribution is 0.924. The fourth-order valence-electron chi connectivity index (χ4n) is 1.48. The van der Waals surface area contributed by atoms with Gasteiger partial charge in [0, 0.05) is 18.3 Å². The number of aromatic nitrogens is 2. The molecular weight excluding hydrogens is 206 g/mol. The van der Waals surface area contributed by atoms with Gasteiger partial charge in [0.05, 0.1) is 16.1 Å². The van der Waals surface area contributed by atoms with Crippen molar-refractivity contribution in [3.8, 4) is 10.4 Å². The summed E-state index contributed by atoms with van der Waals surface area (Å²) in [5, 5.41) is 0. The highest BCUT2D eigenvalue weighted by molar-refractivity contribution is 7.13. The van der Waals surface area contributed by atoms with Crippen molar-refractivity contribution in [1.29, 1.82) is 0 Å². The maximum absolute atomic E-state index is 5.51. The van der Waals surface area contributed by atoms with Crippen LogP contribution in [-0.2, 0) is 6.42 Å². The summed E-state index contributed by atoms with van der Waals surface area (Å²) in [5.41, 5.74) is 10.7. The smallest absolute Gasteiger partial charge is 0.0801 e. The summed E-state index contributed by atoms with van der Waals surface area (Å²) in [6.07, 6.45) is 2.66. The van der Waals surface area contributed by atoms with E-state index in [1.165, 1.54) is 10.4 Å². The molecule has 2 rings (SSSR count). The van der Waals surface area contributed by atoms with Gasteiger partial charge in [-0.1, -0.05) is 0 Å². The van der Waals surface area contributed by atoms with Gasteiger partial charge in [-0.25, -0.2) is 4.98 Å². The third kappa shape index (κ3) is 2.22. The van der Waals surface area contributed by atoms with Crippen LogP contribution in [0.15, 0.2) is 23.8 Å². The Bertz CT molecular complexity index is 451. The number of hydrogen-bond donors (Lipinski definition) is 1. The molecule has 0 saturated carbocycles. The molecule has 0 aromatic carbocycles. The third-order valence-corrected chi connectivity index (χ3v) is 3.20. The quantitative estimate of drug-likeness (QED) is 0.859. The van der Waals surface area contributed by atoms with Gasteiger partial charge in [0.1, 0.15) is 0 Å². The molecule has 2 heterocycles. The molecule has 0 spiro atoms. The van der Waals surface area contributed by atoms with Gasteiger partial charge in [-0.2, -0.15) is 0 Å². The fourth-order valence-corrected chi connectivity index (χ4v) is 2.29. The molecule has 0 radical (unpaired) electrons. The molecule has 4 heteroatoms. The summed E-state index contributed by atoms with van der Waals surface area (Å²) < 4.78 is 0. The van der Waals surface area contributed by atoms with Crippen molar-refractivity contribution in [1.82, 2.24) is 9.97 Å². The van der Waals surface area contributed by atoms with Gasteiger partial charge in [-0.05, 0) is 31.2 Å². The van der Waals surface area contributed by atoms with Gasteiger partial charge in [0.15, 0.2) is 0 Å². The van der Waals surface area contributed by atoms with Crippen LogP contribution in [0.2, 0.25) is 0 Å². The Morgan fingerprint density at radius 3 is 2.93 bits per heavy atom. The van der Waals surface area contributed by atoms with Crippen LogP contribution >= 0.6 is 11.3 Å². The summed E-state index contributed by atoms with van der Waals surface area (Å²) >= 11 is 1.66. The zero-order valence-corrected chi connectivity index (χ0v) is 9.42. The number of rotatable bonds is 3. The van der Waals surface area contributed by atoms with Gasteiger partial charge >= 0.3 is 0 Å². The first-order chi connectivity index (χ1) is 7.31. The Balaban J connectivity index is 2.37. The zero-order chi connectivity index (χ0) is 10.7. The molecular formula is C11H13N3S. The van der Waals surface area contributed by atoms with Crippen LogP contribution < -0.4 is 5.73 Å². The lowest BCUT2D eigenvalue weighted by atomic mass is 10.1. The van der Waals surface area contributed by atoms with Crippen LogP contribution in [-0.4, -0.2) is 16.5 Å². The third-order valence-electron chi connectivity index (χ3n) is 2.22. The van der Waals surface area contributed by atoms with E-state index >= 15 is 0 Å². The van der Waals surface area contributed by atoms with Crippen LogP contribution in [0.5, 0.6) is 0 Å². The van der Waals surface area contributed by atoms with Gasteiger partial charge in [0.25, 0.3) is 0 Å². The SMILES string of the molecule is Cc1ncsc1-c1ccnc(CCN)c1. The van der Waals surface area contributed by atoms with Crippen molar-refractivity contribution in [2.75, 3.05) is 6.54 Å². The van der Waals surface area contributed by atoms with Crippen molar-refractivity contribution in [3.05, 3.63) is 35.2 Å². The molecule has 78 valence electrons. The Morgan fingerprint density at radius 2 is 2.27 bits per heavy atom. The molecule has 0 saturated heterocycles. The maximum atomic E-state index is 5.51. The first-order valence-electron chi connectivity index (χ1n) is 4.86. The summed E-state index contributed by atoms with van der Waals surface area (Å²) in [7, 11) is 0. The number of hydrogen-bond acceptors (Lipinski definition) is 4. The van der Waals surface area contributed by atoms with Crippen LogP contribution in [0, 0.1) is 6.92 Å². The zero-order valence-electron chi connectivity index (χ0n) is 8.60. The molecule has 0 amide bonds. The van der Waals surface area contributed by atoms with Gasteiger partial charge in [-0.15, -0.1) is 11.3 Å². The second-order valence-electron chi connectivity index (χ2n) is 3.34. The van der Waals surface area contributed by atoms with E-state index in [1.54, 1.807) is 11.3 Å². The van der Waals surface area contributed by atoms with Crippen LogP contribution in [0.3, 0.4) is 0 Å². The average molecular weight is 219 g/mol. The normalized spacial score (nSPS) is 10.5. The van der Waals surface area contributed by atoms with Crippen molar-refractivity contribution < 1.29 is 0 Å². The number of pyridine rings is 1. The number of aryl methyl sites for hydroxylation is 1. The molecule has 0 aliphatic carbocycles. The molecule has 0 atom stereocenters. The predicted octanol–water partition coefficient (Wildman–Crippen LogP) is 2.01. The summed E-state index contributed by atoms with van der Waals surface area (Å²) in [6.45, 7) is 2.66. The molecule has 0 aliphatic rings. The first kappa shape index (κ1) is 10.3. The molecule has 3 nitrogen and oxygen atoms in total. The minimum Gasteiger partial charge on any atom is -0.330 e. The summed E-state index contributed by atoms with van der Waals surface area (Å²) in [6, 6.07) is 4.11. The fraction of sp³-hybridized carbons (Fsp3) is 0.273. The number of nitrogens with two attached hydrogens (primary N) is 1. The standard InChI is InChI=1S/C11H13N3S/c1-8-11(15-7-14-8)9-3-5-13-10(6-9)2-4-12/h3,5-7H,2,4,12H2,1H3. The number of nitrogens with zero attached hydrogens (tertiary/aromatic N) is 2. The van der Waals surface area contributed by atoms with E-state index < -0.39 is 0 Å². The van der Waals surface area contributed by atoms with Gasteiger partial charge < -0.3 is 5.73 Å². The van der Waals surface area contributed by atoms with Gasteiger partial charge in [0.2, 0.25) is 0 Å². The van der Waals surface area contributed by atoms with Crippen LogP contribution in [0.1, 0.15) is 11.4 Å². The van der Waals surface area contributed by atoms with E-state index in [1.807, 2.05) is 24.7 Å². The van der Waals surface area contributed by atoms with E-state index in [0.29, 0.717) is 6.54 Å². The second-order valence-corrected chi connectivity index (χ2v) is 4.20. The second kappa shape index (κ2) is 4.51.